The molecule has 1 unspecified atom stereocenters. The lowest BCUT2D eigenvalue weighted by Gasteiger charge is -2.15. The zero-order valence-electron chi connectivity index (χ0n) is 11.8. The molecule has 1 atom stereocenters. The van der Waals surface area contributed by atoms with Gasteiger partial charge in [0.2, 0.25) is 0 Å². The lowest BCUT2D eigenvalue weighted by atomic mass is 10.0. The molecule has 1 N–H and O–H groups in total. The minimum Gasteiger partial charge on any atom is -0.310 e. The number of nitrogens with one attached hydrogen (secondary N) is 1. The van der Waals surface area contributed by atoms with E-state index in [1.807, 2.05) is 12.1 Å². The fourth-order valence-electron chi connectivity index (χ4n) is 2.20. The molecule has 3 heteroatoms. The van der Waals surface area contributed by atoms with E-state index in [2.05, 4.69) is 31.3 Å². The topological polar surface area (TPSA) is 12.0 Å². The SMILES string of the molecule is Cc1ccccc1CC(C)NCc1cc(Cl)ccc1F. The zero-order chi connectivity index (χ0) is 14.5. The normalized spacial score (nSPS) is 12.4. The highest BCUT2D eigenvalue weighted by molar-refractivity contribution is 6.30. The molecular formula is C17H19ClFN. The molecule has 0 spiro atoms. The van der Waals surface area contributed by atoms with Crippen molar-refractivity contribution < 1.29 is 4.39 Å². The largest absolute Gasteiger partial charge is 0.310 e. The van der Waals surface area contributed by atoms with Crippen LogP contribution < -0.4 is 5.32 Å². The predicted octanol–water partition coefficient (Wildman–Crippen LogP) is 4.51. The van der Waals surface area contributed by atoms with Gasteiger partial charge in [-0.2, -0.15) is 0 Å². The van der Waals surface area contributed by atoms with Gasteiger partial charge in [-0.15, -0.1) is 0 Å². The first-order chi connectivity index (χ1) is 9.56. The Labute approximate surface area is 124 Å². The van der Waals surface area contributed by atoms with Crippen molar-refractivity contribution in [2.45, 2.75) is 32.9 Å². The van der Waals surface area contributed by atoms with Gasteiger partial charge in [-0.05, 0) is 49.6 Å². The summed E-state index contributed by atoms with van der Waals surface area (Å²) in [5, 5.41) is 3.91. The molecule has 20 heavy (non-hydrogen) atoms. The van der Waals surface area contributed by atoms with Crippen LogP contribution in [0.5, 0.6) is 0 Å². The van der Waals surface area contributed by atoms with E-state index in [0.717, 1.165) is 6.42 Å². The molecule has 2 rings (SSSR count). The van der Waals surface area contributed by atoms with Crippen molar-refractivity contribution >= 4 is 11.6 Å². The van der Waals surface area contributed by atoms with Crippen LogP contribution in [0.25, 0.3) is 0 Å². The van der Waals surface area contributed by atoms with Crippen LogP contribution in [-0.2, 0) is 13.0 Å². The van der Waals surface area contributed by atoms with Crippen molar-refractivity contribution in [2.75, 3.05) is 0 Å². The third kappa shape index (κ3) is 4.06. The number of aryl methyl sites for hydroxylation is 1. The maximum absolute atomic E-state index is 13.6. The Balaban J connectivity index is 1.94. The van der Waals surface area contributed by atoms with E-state index in [1.54, 1.807) is 12.1 Å². The molecule has 2 aromatic carbocycles. The smallest absolute Gasteiger partial charge is 0.127 e. The minimum atomic E-state index is -0.218. The van der Waals surface area contributed by atoms with E-state index in [0.29, 0.717) is 17.1 Å². The van der Waals surface area contributed by atoms with Gasteiger partial charge in [0, 0.05) is 23.2 Å². The van der Waals surface area contributed by atoms with Crippen molar-refractivity contribution in [3.05, 3.63) is 70.0 Å². The van der Waals surface area contributed by atoms with Gasteiger partial charge in [-0.3, -0.25) is 0 Å². The molecule has 0 aliphatic heterocycles. The van der Waals surface area contributed by atoms with E-state index >= 15 is 0 Å². The van der Waals surface area contributed by atoms with E-state index < -0.39 is 0 Å². The van der Waals surface area contributed by atoms with Crippen molar-refractivity contribution in [3.8, 4) is 0 Å². The predicted molar refractivity (Wildman–Crippen MR) is 82.6 cm³/mol. The second kappa shape index (κ2) is 6.87. The van der Waals surface area contributed by atoms with Crippen LogP contribution in [0.4, 0.5) is 4.39 Å². The third-order valence-electron chi connectivity index (χ3n) is 3.44. The van der Waals surface area contributed by atoms with Crippen LogP contribution in [0.3, 0.4) is 0 Å². The van der Waals surface area contributed by atoms with Crippen molar-refractivity contribution in [3.63, 3.8) is 0 Å². The summed E-state index contributed by atoms with van der Waals surface area (Å²) in [6.07, 6.45) is 0.925. The molecule has 2 aromatic rings. The maximum atomic E-state index is 13.6. The second-order valence-corrected chi connectivity index (χ2v) is 5.58. The van der Waals surface area contributed by atoms with Crippen LogP contribution in [0.2, 0.25) is 5.02 Å². The van der Waals surface area contributed by atoms with Gasteiger partial charge in [-0.1, -0.05) is 35.9 Å². The fraction of sp³-hybridized carbons (Fsp3) is 0.294. The third-order valence-corrected chi connectivity index (χ3v) is 3.67. The molecule has 0 aliphatic rings. The summed E-state index contributed by atoms with van der Waals surface area (Å²) < 4.78 is 13.6. The Hall–Kier alpha value is -1.38. The number of rotatable bonds is 5. The number of hydrogen-bond acceptors (Lipinski definition) is 1. The molecule has 0 amide bonds. The van der Waals surface area contributed by atoms with E-state index in [-0.39, 0.29) is 11.9 Å². The molecule has 0 radical (unpaired) electrons. The lowest BCUT2D eigenvalue weighted by Crippen LogP contribution is -2.28. The van der Waals surface area contributed by atoms with Gasteiger partial charge in [-0.25, -0.2) is 4.39 Å². The highest BCUT2D eigenvalue weighted by Gasteiger charge is 2.07. The Morgan fingerprint density at radius 1 is 1.15 bits per heavy atom. The van der Waals surface area contributed by atoms with Gasteiger partial charge in [0.15, 0.2) is 0 Å². The van der Waals surface area contributed by atoms with E-state index in [4.69, 9.17) is 11.6 Å². The Morgan fingerprint density at radius 3 is 2.65 bits per heavy atom. The lowest BCUT2D eigenvalue weighted by molar-refractivity contribution is 0.525. The average Bonchev–Trinajstić information content (AvgIpc) is 2.42. The van der Waals surface area contributed by atoms with E-state index in [1.165, 1.54) is 17.2 Å². The number of benzene rings is 2. The van der Waals surface area contributed by atoms with Gasteiger partial charge in [0.25, 0.3) is 0 Å². The van der Waals surface area contributed by atoms with Crippen LogP contribution in [0.1, 0.15) is 23.6 Å². The first kappa shape index (κ1) is 15.0. The van der Waals surface area contributed by atoms with Crippen molar-refractivity contribution in [2.24, 2.45) is 0 Å². The summed E-state index contributed by atoms with van der Waals surface area (Å²) >= 11 is 5.89. The van der Waals surface area contributed by atoms with Crippen LogP contribution in [0.15, 0.2) is 42.5 Å². The summed E-state index contributed by atoms with van der Waals surface area (Å²) in [7, 11) is 0. The fourth-order valence-corrected chi connectivity index (χ4v) is 2.40. The van der Waals surface area contributed by atoms with Gasteiger partial charge >= 0.3 is 0 Å². The van der Waals surface area contributed by atoms with Gasteiger partial charge in [0.05, 0.1) is 0 Å². The van der Waals surface area contributed by atoms with Gasteiger partial charge < -0.3 is 5.32 Å². The summed E-state index contributed by atoms with van der Waals surface area (Å²) in [6.45, 7) is 4.70. The number of halogens is 2. The summed E-state index contributed by atoms with van der Waals surface area (Å²) in [6, 6.07) is 13.2. The molecule has 0 aliphatic carbocycles. The Bertz CT molecular complexity index is 583. The standard InChI is InChI=1S/C17H19ClFN/c1-12-5-3-4-6-14(12)9-13(2)20-11-15-10-16(18)7-8-17(15)19/h3-8,10,13,20H,9,11H2,1-2H3. The zero-order valence-corrected chi connectivity index (χ0v) is 12.5. The highest BCUT2D eigenvalue weighted by Crippen LogP contribution is 2.15. The summed E-state index contributed by atoms with van der Waals surface area (Å²) in [5.41, 5.74) is 3.21. The van der Waals surface area contributed by atoms with Crippen molar-refractivity contribution in [1.82, 2.24) is 5.32 Å². The molecule has 0 fully saturated rings. The number of hydrogen-bond donors (Lipinski definition) is 1. The summed E-state index contributed by atoms with van der Waals surface area (Å²) in [4.78, 5) is 0. The second-order valence-electron chi connectivity index (χ2n) is 5.15. The minimum absolute atomic E-state index is 0.218. The molecule has 1 nitrogen and oxygen atoms in total. The highest BCUT2D eigenvalue weighted by atomic mass is 35.5. The first-order valence-electron chi connectivity index (χ1n) is 6.78. The molecule has 0 heterocycles. The summed E-state index contributed by atoms with van der Waals surface area (Å²) in [5.74, 6) is -0.218. The molecule has 0 bridgehead atoms. The molecule has 106 valence electrons. The molecular weight excluding hydrogens is 273 g/mol. The van der Waals surface area contributed by atoms with Crippen molar-refractivity contribution in [1.29, 1.82) is 0 Å². The van der Waals surface area contributed by atoms with Crippen LogP contribution >= 0.6 is 11.6 Å². The monoisotopic (exact) mass is 291 g/mol. The van der Waals surface area contributed by atoms with Crippen LogP contribution in [0, 0.1) is 12.7 Å². The van der Waals surface area contributed by atoms with E-state index in [9.17, 15) is 4.39 Å². The Morgan fingerprint density at radius 2 is 1.90 bits per heavy atom. The Kier molecular flexibility index (Phi) is 5.16. The van der Waals surface area contributed by atoms with Gasteiger partial charge in [0.1, 0.15) is 5.82 Å². The molecule has 0 saturated carbocycles. The molecule has 0 aromatic heterocycles. The quantitative estimate of drug-likeness (QED) is 0.855. The average molecular weight is 292 g/mol. The first-order valence-corrected chi connectivity index (χ1v) is 7.16. The van der Waals surface area contributed by atoms with Crippen LogP contribution in [-0.4, -0.2) is 6.04 Å². The molecule has 0 saturated heterocycles. The maximum Gasteiger partial charge on any atom is 0.127 e.